The second kappa shape index (κ2) is 18.0. The van der Waals surface area contributed by atoms with Crippen LogP contribution < -0.4 is 32.0 Å². The molecule has 1 aliphatic carbocycles. The highest BCUT2D eigenvalue weighted by Crippen LogP contribution is 2.45. The fourth-order valence-electron chi connectivity index (χ4n) is 9.40. The number of alkyl carbamates (subject to hydrolysis) is 1. The number of ether oxygens (including phenoxy) is 3. The molecule has 4 amide bonds. The Labute approximate surface area is 382 Å². The third-order valence-corrected chi connectivity index (χ3v) is 12.8. The highest BCUT2D eigenvalue weighted by Gasteiger charge is 2.45. The number of primary amides is 1. The van der Waals surface area contributed by atoms with E-state index in [4.69, 9.17) is 24.9 Å². The number of carbonyl (C=O) groups is 4. The van der Waals surface area contributed by atoms with E-state index in [0.717, 1.165) is 45.5 Å². The number of esters is 1. The van der Waals surface area contributed by atoms with Crippen molar-refractivity contribution in [3.63, 3.8) is 0 Å². The lowest BCUT2D eigenvalue weighted by Gasteiger charge is -2.31. The number of hydrogen-bond donors (Lipinski definition) is 5. The smallest absolute Gasteiger partial charge is 0.407 e. The fraction of sp³-hybridized carbons (Fsp3) is 0.280. The van der Waals surface area contributed by atoms with Gasteiger partial charge in [0.25, 0.3) is 5.56 Å². The maximum atomic E-state index is 15.7. The topological polar surface area (TPSA) is 213 Å². The van der Waals surface area contributed by atoms with Crippen LogP contribution in [0.15, 0.2) is 89.7 Å². The average molecular weight is 913 g/mol. The number of halogens is 2. The molecule has 0 unspecified atom stereocenters. The van der Waals surface area contributed by atoms with Crippen LogP contribution in [0, 0.1) is 11.6 Å². The van der Waals surface area contributed by atoms with Crippen molar-refractivity contribution in [2.45, 2.75) is 76.9 Å². The standard InChI is InChI=1S/C50H46F2N6O9/c1-3-28-33-20-27(15-16-41(33)56-44-34(28)22-58-43(44)21-38-36(46(58)60)24-66-47(61)50(38,64)4-2)65-25-37-39(51)18-26(19-40(37)52)55-45(59)42(14-9-17-54-48(53)62)57-49(63)67-23-35-31-12-7-5-10-29(31)30-11-6-8-13-32(30)35/h5-8,10-13,15-16,18-21,35,42,64H,3-4,9,14,17,22-25H2,1-2H3,(H,55,59)(H,57,63)(H3,53,54,62)/t42-,50-/m0/s1. The molecule has 15 nitrogen and oxygen atoms in total. The number of hydrogen-bond acceptors (Lipinski definition) is 10. The third kappa shape index (κ3) is 8.19. The van der Waals surface area contributed by atoms with Crippen LogP contribution in [0.4, 0.5) is 24.1 Å². The number of carbonyl (C=O) groups excluding carboxylic acids is 4. The number of benzene rings is 4. The van der Waals surface area contributed by atoms with Crippen molar-refractivity contribution in [3.05, 3.63) is 146 Å². The molecule has 2 aliphatic heterocycles. The Hall–Kier alpha value is -7.66. The van der Waals surface area contributed by atoms with Crippen molar-refractivity contribution < 1.29 is 47.3 Å². The highest BCUT2D eigenvalue weighted by molar-refractivity contribution is 5.96. The molecule has 0 bridgehead atoms. The maximum absolute atomic E-state index is 15.7. The minimum absolute atomic E-state index is 0.0129. The summed E-state index contributed by atoms with van der Waals surface area (Å²) in [7, 11) is 0. The summed E-state index contributed by atoms with van der Waals surface area (Å²) in [5, 5.41) is 19.4. The molecule has 6 N–H and O–H groups in total. The molecule has 3 aliphatic rings. The number of pyridine rings is 2. The van der Waals surface area contributed by atoms with E-state index in [2.05, 4.69) is 16.0 Å². The quantitative estimate of drug-likeness (QED) is 0.0569. The number of amides is 4. The molecule has 2 aromatic heterocycles. The van der Waals surface area contributed by atoms with Crippen molar-refractivity contribution in [1.29, 1.82) is 0 Å². The van der Waals surface area contributed by atoms with Crippen LogP contribution in [-0.2, 0) is 50.8 Å². The SMILES string of the molecule is CCc1c2c(nc3ccc(OCc4c(F)cc(NC(=O)[C@H](CCCNC(N)=O)NC(=O)OCC5c6ccccc6-c6ccccc65)cc4F)cc13)-c1cc3c(c(=O)n1C2)COC(=O)[C@]3(O)CC. The van der Waals surface area contributed by atoms with Crippen LogP contribution in [0.1, 0.15) is 78.0 Å². The van der Waals surface area contributed by atoms with E-state index in [1.807, 2.05) is 55.5 Å². The number of urea groups is 1. The number of aliphatic hydroxyl groups is 1. The lowest BCUT2D eigenvalue weighted by Crippen LogP contribution is -2.44. The molecule has 0 saturated carbocycles. The van der Waals surface area contributed by atoms with Gasteiger partial charge in [-0.05, 0) is 89.9 Å². The van der Waals surface area contributed by atoms with Crippen LogP contribution in [0.2, 0.25) is 0 Å². The van der Waals surface area contributed by atoms with Crippen LogP contribution in [0.25, 0.3) is 33.4 Å². The summed E-state index contributed by atoms with van der Waals surface area (Å²) in [6.07, 6.45) is -0.0893. The van der Waals surface area contributed by atoms with Crippen molar-refractivity contribution in [2.75, 3.05) is 18.5 Å². The molecule has 0 radical (unpaired) electrons. The number of anilines is 1. The number of aryl methyl sites for hydroxylation is 1. The summed E-state index contributed by atoms with van der Waals surface area (Å²) in [6, 6.07) is 22.2. The molecule has 4 heterocycles. The third-order valence-electron chi connectivity index (χ3n) is 12.8. The lowest BCUT2D eigenvalue weighted by atomic mass is 9.86. The number of aromatic nitrogens is 2. The molecular formula is C50H46F2N6O9. The van der Waals surface area contributed by atoms with Gasteiger partial charge >= 0.3 is 18.1 Å². The number of fused-ring (bicyclic) bond motifs is 8. The number of nitrogens with zero attached hydrogens (tertiary/aromatic N) is 2. The Balaban J connectivity index is 0.885. The number of nitrogens with one attached hydrogen (secondary N) is 3. The van der Waals surface area contributed by atoms with E-state index in [-0.39, 0.29) is 73.9 Å². The van der Waals surface area contributed by atoms with Crippen molar-refractivity contribution >= 4 is 40.6 Å². The molecule has 67 heavy (non-hydrogen) atoms. The summed E-state index contributed by atoms with van der Waals surface area (Å²) in [5.41, 5.74) is 9.99. The first kappa shape index (κ1) is 44.5. The summed E-state index contributed by atoms with van der Waals surface area (Å²) in [4.78, 5) is 69.3. The van der Waals surface area contributed by atoms with E-state index >= 15 is 8.78 Å². The zero-order chi connectivity index (χ0) is 47.1. The van der Waals surface area contributed by atoms with Gasteiger partial charge in [0.2, 0.25) is 5.91 Å². The van der Waals surface area contributed by atoms with Gasteiger partial charge in [-0.3, -0.25) is 9.59 Å². The van der Waals surface area contributed by atoms with Gasteiger partial charge in [-0.2, -0.15) is 0 Å². The van der Waals surface area contributed by atoms with E-state index in [9.17, 15) is 29.1 Å². The normalized spacial score (nSPS) is 15.9. The van der Waals surface area contributed by atoms with Crippen LogP contribution in [-0.4, -0.2) is 57.9 Å². The minimum atomic E-state index is -1.96. The zero-order valence-electron chi connectivity index (χ0n) is 36.5. The van der Waals surface area contributed by atoms with E-state index in [0.29, 0.717) is 34.5 Å². The van der Waals surface area contributed by atoms with Gasteiger partial charge in [-0.25, -0.2) is 28.1 Å². The van der Waals surface area contributed by atoms with Crippen LogP contribution in [0.5, 0.6) is 5.75 Å². The first-order chi connectivity index (χ1) is 32.3. The Kier molecular flexibility index (Phi) is 11.9. The first-order valence-electron chi connectivity index (χ1n) is 22.0. The van der Waals surface area contributed by atoms with Crippen molar-refractivity contribution in [3.8, 4) is 28.3 Å². The predicted octanol–water partition coefficient (Wildman–Crippen LogP) is 6.79. The highest BCUT2D eigenvalue weighted by atomic mass is 19.1. The predicted molar refractivity (Wildman–Crippen MR) is 242 cm³/mol. The second-order valence-corrected chi connectivity index (χ2v) is 16.7. The van der Waals surface area contributed by atoms with E-state index in [1.54, 1.807) is 35.8 Å². The molecule has 0 saturated heterocycles. The number of cyclic esters (lactones) is 1. The molecule has 4 aromatic carbocycles. The minimum Gasteiger partial charge on any atom is -0.489 e. The van der Waals surface area contributed by atoms with Crippen molar-refractivity contribution in [2.24, 2.45) is 5.73 Å². The number of rotatable bonds is 14. The second-order valence-electron chi connectivity index (χ2n) is 16.7. The largest absolute Gasteiger partial charge is 0.489 e. The average Bonchev–Trinajstić information content (AvgIpc) is 3.84. The van der Waals surface area contributed by atoms with Crippen molar-refractivity contribution in [1.82, 2.24) is 20.2 Å². The summed E-state index contributed by atoms with van der Waals surface area (Å²) in [6.45, 7) is 3.12. The van der Waals surface area contributed by atoms with Gasteiger partial charge < -0.3 is 45.6 Å². The molecular weight excluding hydrogens is 867 g/mol. The Morgan fingerprint density at radius 1 is 0.955 bits per heavy atom. The van der Waals surface area contributed by atoms with Gasteiger partial charge in [0.1, 0.15) is 43.2 Å². The van der Waals surface area contributed by atoms with Gasteiger partial charge in [0, 0.05) is 34.7 Å². The summed E-state index contributed by atoms with van der Waals surface area (Å²) < 4.78 is 49.6. The van der Waals surface area contributed by atoms with Gasteiger partial charge in [0.05, 0.1) is 34.6 Å². The Bertz CT molecular complexity index is 3020. The first-order valence-corrected chi connectivity index (χ1v) is 22.0. The molecule has 2 atom stereocenters. The zero-order valence-corrected chi connectivity index (χ0v) is 36.5. The van der Waals surface area contributed by atoms with Crippen LogP contribution >= 0.6 is 0 Å². The molecule has 6 aromatic rings. The van der Waals surface area contributed by atoms with Gasteiger partial charge in [-0.15, -0.1) is 0 Å². The molecule has 0 spiro atoms. The summed E-state index contributed by atoms with van der Waals surface area (Å²) in [5.74, 6) is -3.52. The van der Waals surface area contributed by atoms with E-state index in [1.165, 1.54) is 0 Å². The van der Waals surface area contributed by atoms with Crippen LogP contribution in [0.3, 0.4) is 0 Å². The summed E-state index contributed by atoms with van der Waals surface area (Å²) >= 11 is 0. The van der Waals surface area contributed by atoms with E-state index < -0.39 is 59.4 Å². The maximum Gasteiger partial charge on any atom is 0.407 e. The Morgan fingerprint density at radius 2 is 1.66 bits per heavy atom. The Morgan fingerprint density at radius 3 is 2.33 bits per heavy atom. The molecule has 0 fully saturated rings. The number of nitrogens with two attached hydrogens (primary N) is 1. The monoisotopic (exact) mass is 912 g/mol. The molecule has 17 heteroatoms. The van der Waals surface area contributed by atoms with Gasteiger partial charge in [-0.1, -0.05) is 62.4 Å². The fourth-order valence-corrected chi connectivity index (χ4v) is 9.40. The van der Waals surface area contributed by atoms with Gasteiger partial charge in [0.15, 0.2) is 5.60 Å². The lowest BCUT2D eigenvalue weighted by molar-refractivity contribution is -0.172. The molecule has 344 valence electrons. The molecule has 9 rings (SSSR count).